The minimum absolute atomic E-state index is 0.414. The van der Waals surface area contributed by atoms with Crippen molar-refractivity contribution in [2.75, 3.05) is 0 Å². The highest BCUT2D eigenvalue weighted by Crippen LogP contribution is 2.60. The smallest absolute Gasteiger partial charge is 0.0754 e. The van der Waals surface area contributed by atoms with Gasteiger partial charge in [-0.2, -0.15) is 0 Å². The third kappa shape index (κ3) is 1.78. The van der Waals surface area contributed by atoms with Gasteiger partial charge in [-0.15, -0.1) is 0 Å². The number of rotatable bonds is 2. The first-order valence-corrected chi connectivity index (χ1v) is 11.0. The molecule has 0 radical (unpaired) electrons. The topological polar surface area (TPSA) is 4.93 Å². The van der Waals surface area contributed by atoms with Crippen LogP contribution in [0.2, 0.25) is 0 Å². The number of hydrogen-bond donors (Lipinski definition) is 0. The third-order valence-electron chi connectivity index (χ3n) is 7.37. The minimum Gasteiger partial charge on any atom is -0.309 e. The zero-order chi connectivity index (χ0) is 21.4. The van der Waals surface area contributed by atoms with Gasteiger partial charge in [-0.3, -0.25) is 0 Å². The quantitative estimate of drug-likeness (QED) is 0.284. The van der Waals surface area contributed by atoms with Crippen LogP contribution in [0.5, 0.6) is 0 Å². The van der Waals surface area contributed by atoms with Crippen molar-refractivity contribution < 1.29 is 0 Å². The number of fused-ring (bicyclic) bond motifs is 9. The summed E-state index contributed by atoms with van der Waals surface area (Å²) >= 11 is 0. The Morgan fingerprint density at radius 2 is 1.31 bits per heavy atom. The van der Waals surface area contributed by atoms with Crippen molar-refractivity contribution in [3.05, 3.63) is 144 Å². The first-order chi connectivity index (χ1) is 15.8. The molecule has 1 nitrogen and oxygen atoms in total. The Hall–Kier alpha value is -4.10. The fraction of sp³-hybridized carbons (Fsp3) is 0.0323. The van der Waals surface area contributed by atoms with E-state index in [2.05, 4.69) is 109 Å². The molecule has 1 spiro atoms. The van der Waals surface area contributed by atoms with E-state index in [-0.39, 0.29) is 0 Å². The van der Waals surface area contributed by atoms with Crippen molar-refractivity contribution in [1.82, 2.24) is 4.57 Å². The van der Waals surface area contributed by atoms with Gasteiger partial charge in [-0.1, -0.05) is 104 Å². The van der Waals surface area contributed by atoms with Crippen molar-refractivity contribution in [1.29, 1.82) is 0 Å². The maximum atomic E-state index is 4.30. The molecule has 2 aliphatic rings. The Morgan fingerprint density at radius 1 is 0.625 bits per heavy atom. The van der Waals surface area contributed by atoms with Gasteiger partial charge in [0.25, 0.3) is 0 Å². The van der Waals surface area contributed by atoms with Gasteiger partial charge < -0.3 is 4.57 Å². The lowest BCUT2D eigenvalue weighted by molar-refractivity contribution is 0.742. The van der Waals surface area contributed by atoms with Crippen LogP contribution in [0.15, 0.2) is 122 Å². The van der Waals surface area contributed by atoms with Crippen molar-refractivity contribution >= 4 is 27.4 Å². The molecule has 1 aromatic heterocycles. The van der Waals surface area contributed by atoms with Gasteiger partial charge >= 0.3 is 0 Å². The molecule has 1 atom stereocenters. The predicted octanol–water partition coefficient (Wildman–Crippen LogP) is 7.57. The number of aromatic nitrogens is 1. The van der Waals surface area contributed by atoms with Crippen LogP contribution in [0.3, 0.4) is 0 Å². The molecule has 0 amide bonds. The monoisotopic (exact) mass is 407 g/mol. The highest BCUT2D eigenvalue weighted by atomic mass is 15.0. The lowest BCUT2D eigenvalue weighted by Gasteiger charge is -2.40. The van der Waals surface area contributed by atoms with Crippen LogP contribution >= 0.6 is 0 Å². The van der Waals surface area contributed by atoms with Gasteiger partial charge in [0, 0.05) is 10.8 Å². The molecule has 150 valence electrons. The van der Waals surface area contributed by atoms with Crippen LogP contribution in [-0.2, 0) is 5.41 Å². The fourth-order valence-electron chi connectivity index (χ4n) is 6.30. The Kier molecular flexibility index (Phi) is 3.29. The van der Waals surface area contributed by atoms with Gasteiger partial charge in [-0.25, -0.2) is 0 Å². The van der Waals surface area contributed by atoms with Gasteiger partial charge in [-0.05, 0) is 45.5 Å². The summed E-state index contributed by atoms with van der Waals surface area (Å²) in [6.45, 7) is 8.49. The second-order valence-electron chi connectivity index (χ2n) is 8.60. The number of allylic oxidation sites excluding steroid dienone is 4. The Labute approximate surface area is 187 Å². The van der Waals surface area contributed by atoms with Crippen LogP contribution in [0.1, 0.15) is 22.3 Å². The van der Waals surface area contributed by atoms with E-state index in [1.54, 1.807) is 0 Å². The number of benzene rings is 4. The van der Waals surface area contributed by atoms with Crippen LogP contribution in [0, 0.1) is 0 Å². The zero-order valence-electron chi connectivity index (χ0n) is 17.7. The van der Waals surface area contributed by atoms with E-state index in [4.69, 9.17) is 0 Å². The van der Waals surface area contributed by atoms with Crippen LogP contribution in [0.25, 0.3) is 33.1 Å². The van der Waals surface area contributed by atoms with Gasteiger partial charge in [0.05, 0.1) is 22.1 Å². The van der Waals surface area contributed by atoms with Gasteiger partial charge in [0.15, 0.2) is 0 Å². The lowest BCUT2D eigenvalue weighted by atomic mass is 9.64. The van der Waals surface area contributed by atoms with Crippen molar-refractivity contribution in [3.8, 4) is 5.69 Å². The van der Waals surface area contributed by atoms with Gasteiger partial charge in [0.2, 0.25) is 0 Å². The van der Waals surface area contributed by atoms with E-state index in [9.17, 15) is 0 Å². The summed E-state index contributed by atoms with van der Waals surface area (Å²) in [5.41, 5.74) is 10.9. The largest absolute Gasteiger partial charge is 0.309 e. The van der Waals surface area contributed by atoms with E-state index in [1.165, 1.54) is 60.9 Å². The number of para-hydroxylation sites is 3. The fourth-order valence-corrected chi connectivity index (χ4v) is 6.30. The summed E-state index contributed by atoms with van der Waals surface area (Å²) in [5, 5.41) is 2.58. The first kappa shape index (κ1) is 17.6. The zero-order valence-corrected chi connectivity index (χ0v) is 17.7. The van der Waals surface area contributed by atoms with Crippen molar-refractivity contribution in [2.24, 2.45) is 0 Å². The van der Waals surface area contributed by atoms with Crippen molar-refractivity contribution in [3.63, 3.8) is 0 Å². The molecule has 0 bridgehead atoms. The molecule has 1 aliphatic carbocycles. The van der Waals surface area contributed by atoms with Crippen LogP contribution in [-0.4, -0.2) is 4.57 Å². The van der Waals surface area contributed by atoms with E-state index in [0.717, 1.165) is 0 Å². The molecule has 1 aliphatic heterocycles. The summed E-state index contributed by atoms with van der Waals surface area (Å²) < 4.78 is 2.45. The summed E-state index contributed by atoms with van der Waals surface area (Å²) in [7, 11) is 0. The lowest BCUT2D eigenvalue weighted by Crippen LogP contribution is -2.34. The molecule has 1 heteroatoms. The Bertz CT molecular complexity index is 1660. The van der Waals surface area contributed by atoms with Crippen molar-refractivity contribution in [2.45, 2.75) is 5.41 Å². The first-order valence-electron chi connectivity index (χ1n) is 11.0. The summed E-state index contributed by atoms with van der Waals surface area (Å²) in [4.78, 5) is 0. The summed E-state index contributed by atoms with van der Waals surface area (Å²) in [6, 6.07) is 33.1. The maximum Gasteiger partial charge on any atom is 0.0754 e. The second-order valence-corrected chi connectivity index (χ2v) is 8.60. The molecule has 32 heavy (non-hydrogen) atoms. The number of nitrogens with zero attached hydrogens (tertiary/aromatic N) is 1. The molecule has 0 saturated heterocycles. The van der Waals surface area contributed by atoms with E-state index in [0.29, 0.717) is 0 Å². The molecule has 2 heterocycles. The van der Waals surface area contributed by atoms with E-state index >= 15 is 0 Å². The predicted molar refractivity (Wildman–Crippen MR) is 134 cm³/mol. The minimum atomic E-state index is -0.414. The summed E-state index contributed by atoms with van der Waals surface area (Å²) in [5.74, 6) is 0. The molecular weight excluding hydrogens is 386 g/mol. The number of hydrogen-bond acceptors (Lipinski definition) is 0. The van der Waals surface area contributed by atoms with Crippen LogP contribution < -0.4 is 0 Å². The SMILES string of the molecule is C=CC1=C(C=C)C2(c3ccccc31)c1ccccc1-n1c3ccccc3c3cccc2c31. The molecule has 7 rings (SSSR count). The molecule has 1 unspecified atom stereocenters. The molecule has 5 aromatic rings. The average Bonchev–Trinajstić information content (AvgIpc) is 3.34. The standard InChI is InChI=1S/C31H21N/c1-3-20-21-12-5-7-15-25(21)31(24(20)4-2)26-16-8-10-19-29(26)32-28-18-9-6-13-22(28)23-14-11-17-27(31)30(23)32/h3-19H,1-2H2. The van der Waals surface area contributed by atoms with E-state index in [1.807, 2.05) is 12.2 Å². The third-order valence-corrected chi connectivity index (χ3v) is 7.37. The highest BCUT2D eigenvalue weighted by molar-refractivity contribution is 6.13. The highest BCUT2D eigenvalue weighted by Gasteiger charge is 2.50. The second kappa shape index (κ2) is 5.99. The Morgan fingerprint density at radius 3 is 2.16 bits per heavy atom. The molecule has 0 fully saturated rings. The molecule has 0 N–H and O–H groups in total. The molecule has 0 saturated carbocycles. The average molecular weight is 408 g/mol. The summed E-state index contributed by atoms with van der Waals surface area (Å²) in [6.07, 6.45) is 4.04. The Balaban J connectivity index is 1.82. The van der Waals surface area contributed by atoms with E-state index < -0.39 is 5.41 Å². The normalized spacial score (nSPS) is 18.2. The van der Waals surface area contributed by atoms with Crippen LogP contribution in [0.4, 0.5) is 0 Å². The maximum absolute atomic E-state index is 4.30. The molecular formula is C31H21N. The molecule has 4 aromatic carbocycles. The van der Waals surface area contributed by atoms with Gasteiger partial charge in [0.1, 0.15) is 0 Å².